The summed E-state index contributed by atoms with van der Waals surface area (Å²) in [6.07, 6.45) is 0. The van der Waals surface area contributed by atoms with E-state index in [4.69, 9.17) is 10.8 Å². The van der Waals surface area contributed by atoms with Crippen molar-refractivity contribution >= 4 is 41.0 Å². The van der Waals surface area contributed by atoms with Gasteiger partial charge in [0.25, 0.3) is 0 Å². The summed E-state index contributed by atoms with van der Waals surface area (Å²) in [6, 6.07) is -0.616. The van der Waals surface area contributed by atoms with Crippen molar-refractivity contribution < 1.29 is 19.5 Å². The average molecular weight is 274 g/mol. The molecule has 3 N–H and O–H groups in total. The lowest BCUT2D eigenvalue weighted by Gasteiger charge is -2.48. The number of amides is 1. The monoisotopic (exact) mass is 274 g/mol. The number of aliphatic carboxylic acids is 1. The standard InChI is InChI=1S/C9H10N2O4S2/c10-5-7(13)11-6(9(14)15)4(1-16-3-12)2-17-8(5)11/h3,5,8H,1-2,10H2,(H,14,15). The summed E-state index contributed by atoms with van der Waals surface area (Å²) in [5, 5.41) is 8.86. The van der Waals surface area contributed by atoms with Crippen LogP contribution in [0.2, 0.25) is 0 Å². The molecular weight excluding hydrogens is 264 g/mol. The molecule has 2 atom stereocenters. The second kappa shape index (κ2) is 4.71. The molecule has 1 amide bonds. The first-order valence-electron chi connectivity index (χ1n) is 4.78. The van der Waals surface area contributed by atoms with Crippen molar-refractivity contribution in [2.45, 2.75) is 11.4 Å². The minimum Gasteiger partial charge on any atom is -0.477 e. The van der Waals surface area contributed by atoms with E-state index in [0.29, 0.717) is 22.7 Å². The van der Waals surface area contributed by atoms with E-state index in [9.17, 15) is 14.4 Å². The number of nitrogens with zero attached hydrogens (tertiary/aromatic N) is 1. The smallest absolute Gasteiger partial charge is 0.352 e. The van der Waals surface area contributed by atoms with E-state index in [2.05, 4.69) is 0 Å². The zero-order valence-corrected chi connectivity index (χ0v) is 10.3. The SMILES string of the molecule is NC1C(=O)N2C(C(=O)O)=C(CSC=O)CSC12. The fourth-order valence-corrected chi connectivity index (χ4v) is 3.76. The summed E-state index contributed by atoms with van der Waals surface area (Å²) in [4.78, 5) is 34.2. The van der Waals surface area contributed by atoms with Crippen LogP contribution in [0, 0.1) is 0 Å². The predicted octanol–water partition coefficient (Wildman–Crippen LogP) is -0.509. The van der Waals surface area contributed by atoms with Crippen molar-refractivity contribution in [3.63, 3.8) is 0 Å². The number of nitrogens with two attached hydrogens (primary N) is 1. The molecule has 1 saturated heterocycles. The molecule has 2 unspecified atom stereocenters. The average Bonchev–Trinajstić information content (AvgIpc) is 2.33. The quantitative estimate of drug-likeness (QED) is 0.526. The third-order valence-corrected chi connectivity index (χ3v) is 4.63. The van der Waals surface area contributed by atoms with Crippen LogP contribution in [0.5, 0.6) is 0 Å². The topological polar surface area (TPSA) is 101 Å². The highest BCUT2D eigenvalue weighted by molar-refractivity contribution is 8.12. The van der Waals surface area contributed by atoms with Gasteiger partial charge in [-0.15, -0.1) is 11.8 Å². The number of hydrogen-bond donors (Lipinski definition) is 2. The number of carbonyl (C=O) groups is 3. The fourth-order valence-electron chi connectivity index (χ4n) is 1.83. The van der Waals surface area contributed by atoms with Gasteiger partial charge in [-0.1, -0.05) is 11.8 Å². The predicted molar refractivity (Wildman–Crippen MR) is 64.9 cm³/mol. The summed E-state index contributed by atoms with van der Waals surface area (Å²) in [5.41, 5.74) is 6.84. The summed E-state index contributed by atoms with van der Waals surface area (Å²) in [5.74, 6) is -0.723. The number of hydrogen-bond acceptors (Lipinski definition) is 6. The molecule has 1 fully saturated rings. The molecule has 0 radical (unpaired) electrons. The first kappa shape index (κ1) is 12.5. The largest absolute Gasteiger partial charge is 0.477 e. The molecule has 8 heteroatoms. The van der Waals surface area contributed by atoms with Crippen LogP contribution >= 0.6 is 23.5 Å². The Morgan fingerprint density at radius 1 is 1.71 bits per heavy atom. The zero-order chi connectivity index (χ0) is 12.6. The number of carboxylic acid groups (broad SMARTS) is 1. The third-order valence-electron chi connectivity index (χ3n) is 2.62. The molecular formula is C9H10N2O4S2. The van der Waals surface area contributed by atoms with Crippen molar-refractivity contribution in [3.8, 4) is 0 Å². The molecule has 0 spiro atoms. The lowest BCUT2D eigenvalue weighted by Crippen LogP contribution is -2.68. The van der Waals surface area contributed by atoms with Gasteiger partial charge >= 0.3 is 5.97 Å². The molecule has 2 heterocycles. The minimum absolute atomic E-state index is 0.00481. The summed E-state index contributed by atoms with van der Waals surface area (Å²) >= 11 is 2.42. The van der Waals surface area contributed by atoms with Crippen molar-refractivity contribution in [2.75, 3.05) is 11.5 Å². The Labute approximate surface area is 106 Å². The molecule has 0 aromatic heterocycles. The van der Waals surface area contributed by atoms with Crippen LogP contribution in [-0.2, 0) is 14.4 Å². The van der Waals surface area contributed by atoms with Gasteiger partial charge in [0, 0.05) is 11.5 Å². The van der Waals surface area contributed by atoms with Gasteiger partial charge in [0.2, 0.25) is 5.91 Å². The molecule has 2 aliphatic heterocycles. The molecule has 92 valence electrons. The molecule has 2 rings (SSSR count). The molecule has 6 nitrogen and oxygen atoms in total. The first-order valence-corrected chi connectivity index (χ1v) is 6.88. The van der Waals surface area contributed by atoms with Gasteiger partial charge in [0.15, 0.2) is 5.62 Å². The first-order chi connectivity index (χ1) is 8.07. The van der Waals surface area contributed by atoms with E-state index in [1.165, 1.54) is 16.7 Å². The van der Waals surface area contributed by atoms with Crippen molar-refractivity contribution in [1.82, 2.24) is 4.90 Å². The molecule has 0 aromatic rings. The number of carbonyl (C=O) groups excluding carboxylic acids is 2. The molecule has 0 bridgehead atoms. The number of thioether (sulfide) groups is 2. The molecule has 0 saturated carbocycles. The van der Waals surface area contributed by atoms with E-state index in [0.717, 1.165) is 11.8 Å². The highest BCUT2D eigenvalue weighted by atomic mass is 32.2. The van der Waals surface area contributed by atoms with Gasteiger partial charge < -0.3 is 10.8 Å². The number of β-lactam (4-membered cyclic amide) rings is 1. The zero-order valence-electron chi connectivity index (χ0n) is 8.66. The Kier molecular flexibility index (Phi) is 3.45. The Morgan fingerprint density at radius 2 is 2.41 bits per heavy atom. The number of fused-ring (bicyclic) bond motifs is 1. The Morgan fingerprint density at radius 3 is 3.00 bits per heavy atom. The Balaban J connectivity index is 2.29. The highest BCUT2D eigenvalue weighted by Gasteiger charge is 2.51. The van der Waals surface area contributed by atoms with Gasteiger partial charge in [-0.25, -0.2) is 4.79 Å². The van der Waals surface area contributed by atoms with Gasteiger partial charge in [-0.2, -0.15) is 0 Å². The van der Waals surface area contributed by atoms with E-state index in [-0.39, 0.29) is 17.0 Å². The second-order valence-corrected chi connectivity index (χ2v) is 5.52. The van der Waals surface area contributed by atoms with Gasteiger partial charge in [0.1, 0.15) is 17.1 Å². The second-order valence-electron chi connectivity index (χ2n) is 3.60. The van der Waals surface area contributed by atoms with E-state index in [1.807, 2.05) is 0 Å². The normalized spacial score (nSPS) is 27.6. The number of rotatable bonds is 4. The van der Waals surface area contributed by atoms with Gasteiger partial charge in [-0.05, 0) is 5.57 Å². The highest BCUT2D eigenvalue weighted by Crippen LogP contribution is 2.39. The lowest BCUT2D eigenvalue weighted by atomic mass is 10.0. The van der Waals surface area contributed by atoms with Crippen LogP contribution in [0.15, 0.2) is 11.3 Å². The van der Waals surface area contributed by atoms with Crippen LogP contribution in [0.25, 0.3) is 0 Å². The van der Waals surface area contributed by atoms with Crippen LogP contribution in [-0.4, -0.2) is 50.4 Å². The van der Waals surface area contributed by atoms with Crippen molar-refractivity contribution in [3.05, 3.63) is 11.3 Å². The maximum absolute atomic E-state index is 11.5. The molecule has 17 heavy (non-hydrogen) atoms. The summed E-state index contributed by atoms with van der Waals surface area (Å²) < 4.78 is 0. The van der Waals surface area contributed by atoms with E-state index in [1.54, 1.807) is 0 Å². The third kappa shape index (κ3) is 1.96. The van der Waals surface area contributed by atoms with Crippen LogP contribution in [0.3, 0.4) is 0 Å². The molecule has 0 aromatic carbocycles. The Bertz CT molecular complexity index is 423. The lowest BCUT2D eigenvalue weighted by molar-refractivity contribution is -0.147. The van der Waals surface area contributed by atoms with Crippen LogP contribution < -0.4 is 5.73 Å². The van der Waals surface area contributed by atoms with Crippen LogP contribution in [0.4, 0.5) is 0 Å². The maximum Gasteiger partial charge on any atom is 0.352 e. The van der Waals surface area contributed by atoms with Gasteiger partial charge in [-0.3, -0.25) is 14.5 Å². The van der Waals surface area contributed by atoms with Crippen molar-refractivity contribution in [1.29, 1.82) is 0 Å². The molecule has 2 aliphatic rings. The minimum atomic E-state index is -1.14. The Hall–Kier alpha value is -0.990. The summed E-state index contributed by atoms with van der Waals surface area (Å²) in [6.45, 7) is 0. The number of carboxylic acids is 1. The van der Waals surface area contributed by atoms with Crippen molar-refractivity contribution in [2.24, 2.45) is 5.73 Å². The fraction of sp³-hybridized carbons (Fsp3) is 0.444. The maximum atomic E-state index is 11.5. The van der Waals surface area contributed by atoms with Gasteiger partial charge in [0.05, 0.1) is 0 Å². The van der Waals surface area contributed by atoms with E-state index >= 15 is 0 Å². The van der Waals surface area contributed by atoms with Crippen LogP contribution in [0.1, 0.15) is 0 Å². The van der Waals surface area contributed by atoms with E-state index < -0.39 is 12.0 Å². The molecule has 0 aliphatic carbocycles. The summed E-state index contributed by atoms with van der Waals surface area (Å²) in [7, 11) is 0.